The van der Waals surface area contributed by atoms with Crippen molar-refractivity contribution in [2.24, 2.45) is 29.1 Å². The molecule has 0 radical (unpaired) electrons. The third-order valence-corrected chi connectivity index (χ3v) is 6.02. The Morgan fingerprint density at radius 2 is 1.55 bits per heavy atom. The molecule has 2 heteroatoms. The minimum Gasteiger partial charge on any atom is -0.292 e. The van der Waals surface area contributed by atoms with E-state index in [1.807, 2.05) is 30.3 Å². The van der Waals surface area contributed by atoms with E-state index in [0.29, 0.717) is 11.8 Å². The van der Waals surface area contributed by atoms with E-state index >= 15 is 0 Å². The van der Waals surface area contributed by atoms with Crippen LogP contribution in [0.3, 0.4) is 0 Å². The van der Waals surface area contributed by atoms with Gasteiger partial charge in [-0.25, -0.2) is 0 Å². The van der Waals surface area contributed by atoms with E-state index in [1.54, 1.807) is 0 Å². The van der Waals surface area contributed by atoms with E-state index in [0.717, 1.165) is 43.1 Å². The summed E-state index contributed by atoms with van der Waals surface area (Å²) in [6.07, 6.45) is 5.73. The average molecular weight is 265 g/mol. The van der Waals surface area contributed by atoms with Crippen molar-refractivity contribution in [1.82, 2.24) is 0 Å². The van der Waals surface area contributed by atoms with Crippen LogP contribution >= 0.6 is 0 Å². The summed E-state index contributed by atoms with van der Waals surface area (Å²) in [5, 5.41) is 9.91. The van der Waals surface area contributed by atoms with Crippen molar-refractivity contribution < 1.29 is 4.79 Å². The molecule has 0 N–H and O–H groups in total. The molecule has 4 aliphatic rings. The van der Waals surface area contributed by atoms with Gasteiger partial charge < -0.3 is 0 Å². The van der Waals surface area contributed by atoms with Crippen molar-refractivity contribution in [2.45, 2.75) is 32.1 Å². The molecule has 20 heavy (non-hydrogen) atoms. The standard InChI is InChI=1S/C18H19NO/c19-11-18(17(20)14-4-2-1-3-5-14)15-7-12-6-13(9-15)10-16(18)8-12/h1-5,12-13,15-16H,6-10H2. The van der Waals surface area contributed by atoms with Gasteiger partial charge in [0, 0.05) is 5.56 Å². The first kappa shape index (κ1) is 12.1. The SMILES string of the molecule is N#CC1(C(=O)c2ccccc2)C2CC3CC(C2)CC1C3. The van der Waals surface area contributed by atoms with Gasteiger partial charge in [-0.2, -0.15) is 5.26 Å². The number of ketones is 1. The molecule has 2 nitrogen and oxygen atoms in total. The summed E-state index contributed by atoms with van der Waals surface area (Å²) in [5.41, 5.74) is -0.00377. The smallest absolute Gasteiger partial charge is 0.183 e. The second-order valence-corrected chi connectivity index (χ2v) is 6.98. The quantitative estimate of drug-likeness (QED) is 0.762. The first-order valence-corrected chi connectivity index (χ1v) is 7.75. The van der Waals surface area contributed by atoms with Crippen LogP contribution in [0.15, 0.2) is 30.3 Å². The third kappa shape index (κ3) is 1.47. The van der Waals surface area contributed by atoms with Crippen molar-refractivity contribution in [3.63, 3.8) is 0 Å². The molecule has 4 fully saturated rings. The molecule has 5 rings (SSSR count). The lowest BCUT2D eigenvalue weighted by Gasteiger charge is -2.57. The molecule has 0 saturated heterocycles. The zero-order chi connectivity index (χ0) is 13.7. The fourth-order valence-electron chi connectivity index (χ4n) is 5.36. The monoisotopic (exact) mass is 265 g/mol. The van der Waals surface area contributed by atoms with E-state index in [4.69, 9.17) is 0 Å². The highest BCUT2D eigenvalue weighted by Crippen LogP contribution is 2.62. The van der Waals surface area contributed by atoms with Gasteiger partial charge in [0.2, 0.25) is 0 Å². The first-order valence-electron chi connectivity index (χ1n) is 7.75. The van der Waals surface area contributed by atoms with Gasteiger partial charge in [-0.1, -0.05) is 30.3 Å². The largest absolute Gasteiger partial charge is 0.292 e. The summed E-state index contributed by atoms with van der Waals surface area (Å²) >= 11 is 0. The van der Waals surface area contributed by atoms with Crippen molar-refractivity contribution in [1.29, 1.82) is 5.26 Å². The van der Waals surface area contributed by atoms with Crippen LogP contribution in [-0.4, -0.2) is 5.78 Å². The Labute approximate surface area is 119 Å². The summed E-state index contributed by atoms with van der Waals surface area (Å²) in [6.45, 7) is 0. The minimum atomic E-state index is -0.727. The Morgan fingerprint density at radius 3 is 2.05 bits per heavy atom. The molecular formula is C18H19NO. The molecule has 0 aromatic heterocycles. The molecule has 0 unspecified atom stereocenters. The van der Waals surface area contributed by atoms with E-state index in [-0.39, 0.29) is 5.78 Å². The predicted molar refractivity (Wildman–Crippen MR) is 75.9 cm³/mol. The summed E-state index contributed by atoms with van der Waals surface area (Å²) in [6, 6.07) is 12.0. The van der Waals surface area contributed by atoms with Crippen LogP contribution in [-0.2, 0) is 0 Å². The molecule has 4 aliphatic carbocycles. The van der Waals surface area contributed by atoms with Crippen LogP contribution in [0, 0.1) is 40.4 Å². The number of hydrogen-bond donors (Lipinski definition) is 0. The first-order chi connectivity index (χ1) is 9.74. The fraction of sp³-hybridized carbons (Fsp3) is 0.556. The van der Waals surface area contributed by atoms with Gasteiger partial charge in [-0.05, 0) is 55.8 Å². The highest BCUT2D eigenvalue weighted by molar-refractivity contribution is 6.03. The van der Waals surface area contributed by atoms with Gasteiger partial charge in [-0.3, -0.25) is 4.79 Å². The Bertz CT molecular complexity index is 555. The highest BCUT2D eigenvalue weighted by Gasteiger charge is 2.61. The maximum Gasteiger partial charge on any atom is 0.183 e. The molecule has 4 bridgehead atoms. The molecule has 0 spiro atoms. The van der Waals surface area contributed by atoms with Crippen LogP contribution in [0.4, 0.5) is 0 Å². The normalized spacial score (nSPS) is 41.4. The van der Waals surface area contributed by atoms with Crippen LogP contribution < -0.4 is 0 Å². The number of carbonyl (C=O) groups excluding carboxylic acids is 1. The summed E-state index contributed by atoms with van der Waals surface area (Å²) < 4.78 is 0. The minimum absolute atomic E-state index is 0.0920. The zero-order valence-electron chi connectivity index (χ0n) is 11.6. The molecule has 1 aromatic carbocycles. The number of hydrogen-bond acceptors (Lipinski definition) is 2. The second kappa shape index (κ2) is 4.19. The number of benzene rings is 1. The molecule has 0 heterocycles. The maximum atomic E-state index is 13.1. The molecule has 0 atom stereocenters. The van der Waals surface area contributed by atoms with Gasteiger partial charge in [0.25, 0.3) is 0 Å². The van der Waals surface area contributed by atoms with Crippen LogP contribution in [0.5, 0.6) is 0 Å². The van der Waals surface area contributed by atoms with E-state index in [2.05, 4.69) is 6.07 Å². The van der Waals surface area contributed by atoms with Crippen molar-refractivity contribution >= 4 is 5.78 Å². The number of nitriles is 1. The second-order valence-electron chi connectivity index (χ2n) is 6.98. The highest BCUT2D eigenvalue weighted by atomic mass is 16.1. The van der Waals surface area contributed by atoms with Gasteiger partial charge in [0.1, 0.15) is 5.41 Å². The summed E-state index contributed by atoms with van der Waals surface area (Å²) in [4.78, 5) is 13.1. The topological polar surface area (TPSA) is 40.9 Å². The van der Waals surface area contributed by atoms with Crippen LogP contribution in [0.1, 0.15) is 42.5 Å². The lowest BCUT2D eigenvalue weighted by molar-refractivity contribution is -0.0580. The van der Waals surface area contributed by atoms with Crippen molar-refractivity contribution in [3.05, 3.63) is 35.9 Å². The number of rotatable bonds is 2. The molecule has 4 saturated carbocycles. The Morgan fingerprint density at radius 1 is 1.00 bits per heavy atom. The van der Waals surface area contributed by atoms with Crippen molar-refractivity contribution in [2.75, 3.05) is 0 Å². The van der Waals surface area contributed by atoms with E-state index in [9.17, 15) is 10.1 Å². The maximum absolute atomic E-state index is 13.1. The molecule has 0 amide bonds. The van der Waals surface area contributed by atoms with Gasteiger partial charge in [0.05, 0.1) is 6.07 Å². The molecule has 1 aromatic rings. The van der Waals surface area contributed by atoms with Gasteiger partial charge >= 0.3 is 0 Å². The lowest BCUT2D eigenvalue weighted by atomic mass is 9.44. The van der Waals surface area contributed by atoms with Crippen molar-refractivity contribution in [3.8, 4) is 6.07 Å². The zero-order valence-corrected chi connectivity index (χ0v) is 11.6. The Balaban J connectivity index is 1.78. The van der Waals surface area contributed by atoms with E-state index < -0.39 is 5.41 Å². The lowest BCUT2D eigenvalue weighted by Crippen LogP contribution is -2.56. The van der Waals surface area contributed by atoms with Gasteiger partial charge in [-0.15, -0.1) is 0 Å². The molecular weight excluding hydrogens is 246 g/mol. The summed E-state index contributed by atoms with van der Waals surface area (Å²) in [5.74, 6) is 2.26. The van der Waals surface area contributed by atoms with E-state index in [1.165, 1.54) is 6.42 Å². The number of Topliss-reactive ketones (excluding diaryl/α,β-unsaturated/α-hetero) is 1. The van der Waals surface area contributed by atoms with Crippen LogP contribution in [0.25, 0.3) is 0 Å². The van der Waals surface area contributed by atoms with Gasteiger partial charge in [0.15, 0.2) is 5.78 Å². The molecule has 0 aliphatic heterocycles. The number of nitrogens with zero attached hydrogens (tertiary/aromatic N) is 1. The Hall–Kier alpha value is -1.62. The Kier molecular flexibility index (Phi) is 2.54. The number of carbonyl (C=O) groups is 1. The summed E-state index contributed by atoms with van der Waals surface area (Å²) in [7, 11) is 0. The fourth-order valence-corrected chi connectivity index (χ4v) is 5.36. The molecule has 102 valence electrons. The predicted octanol–water partition coefficient (Wildman–Crippen LogP) is 3.84. The third-order valence-electron chi connectivity index (χ3n) is 6.02. The van der Waals surface area contributed by atoms with Crippen LogP contribution in [0.2, 0.25) is 0 Å². The average Bonchev–Trinajstić information content (AvgIpc) is 2.48.